The van der Waals surface area contributed by atoms with E-state index in [1.54, 1.807) is 12.1 Å². The Morgan fingerprint density at radius 3 is 2.83 bits per heavy atom. The Labute approximate surface area is 105 Å². The number of fused-ring (bicyclic) bond motifs is 1. The van der Waals surface area contributed by atoms with E-state index in [-0.39, 0.29) is 5.78 Å². The molecule has 4 nitrogen and oxygen atoms in total. The molecule has 1 aliphatic heterocycles. The number of hydrogen-bond donors (Lipinski definition) is 2. The van der Waals surface area contributed by atoms with Gasteiger partial charge in [-0.1, -0.05) is 17.7 Å². The minimum atomic E-state index is -1.67. The van der Waals surface area contributed by atoms with E-state index in [1.807, 2.05) is 13.0 Å². The molecule has 2 N–H and O–H groups in total. The number of aryl methyl sites for hydroxylation is 1. The predicted octanol–water partition coefficient (Wildman–Crippen LogP) is 1.50. The third-order valence-corrected chi connectivity index (χ3v) is 3.99. The van der Waals surface area contributed by atoms with Crippen molar-refractivity contribution in [1.29, 1.82) is 0 Å². The van der Waals surface area contributed by atoms with Gasteiger partial charge >= 0.3 is 0 Å². The summed E-state index contributed by atoms with van der Waals surface area (Å²) in [7, 11) is 0. The first-order valence-corrected chi connectivity index (χ1v) is 6.21. The van der Waals surface area contributed by atoms with Crippen molar-refractivity contribution in [3.8, 4) is 0 Å². The maximum Gasteiger partial charge on any atom is 0.261 e. The number of carbonyl (C=O) groups is 2. The maximum absolute atomic E-state index is 12.1. The number of amides is 1. The highest BCUT2D eigenvalue weighted by molar-refractivity contribution is 6.08. The Kier molecular flexibility index (Phi) is 2.32. The molecule has 94 valence electrons. The predicted molar refractivity (Wildman–Crippen MR) is 66.1 cm³/mol. The van der Waals surface area contributed by atoms with Crippen molar-refractivity contribution in [3.63, 3.8) is 0 Å². The summed E-state index contributed by atoms with van der Waals surface area (Å²) < 4.78 is 0. The van der Waals surface area contributed by atoms with Crippen LogP contribution in [0.3, 0.4) is 0 Å². The largest absolute Gasteiger partial charge is 0.375 e. The molecule has 1 aromatic carbocycles. The minimum Gasteiger partial charge on any atom is -0.375 e. The van der Waals surface area contributed by atoms with Gasteiger partial charge < -0.3 is 10.4 Å². The molecule has 1 aromatic rings. The first-order chi connectivity index (χ1) is 8.53. The average Bonchev–Trinajstić information content (AvgIpc) is 2.85. The highest BCUT2D eigenvalue weighted by Crippen LogP contribution is 2.45. The third kappa shape index (κ3) is 1.35. The summed E-state index contributed by atoms with van der Waals surface area (Å²) in [6.07, 6.45) is 1.79. The van der Waals surface area contributed by atoms with E-state index in [9.17, 15) is 14.7 Å². The topological polar surface area (TPSA) is 66.4 Å². The zero-order valence-corrected chi connectivity index (χ0v) is 10.2. The van der Waals surface area contributed by atoms with E-state index in [0.29, 0.717) is 24.1 Å². The molecule has 1 fully saturated rings. The van der Waals surface area contributed by atoms with Gasteiger partial charge in [0.15, 0.2) is 5.60 Å². The monoisotopic (exact) mass is 245 g/mol. The summed E-state index contributed by atoms with van der Waals surface area (Å²) in [6.45, 7) is 1.90. The van der Waals surface area contributed by atoms with Gasteiger partial charge in [0, 0.05) is 17.7 Å². The van der Waals surface area contributed by atoms with Crippen LogP contribution in [0, 0.1) is 12.8 Å². The molecular formula is C14H15NO3. The molecule has 0 bridgehead atoms. The first kappa shape index (κ1) is 11.4. The Bertz CT molecular complexity index is 552. The molecule has 4 heteroatoms. The maximum atomic E-state index is 12.1. The van der Waals surface area contributed by atoms with E-state index in [1.165, 1.54) is 0 Å². The molecule has 18 heavy (non-hydrogen) atoms. The van der Waals surface area contributed by atoms with E-state index >= 15 is 0 Å². The normalized spacial score (nSPS) is 30.4. The van der Waals surface area contributed by atoms with Crippen LogP contribution in [0.2, 0.25) is 0 Å². The molecular weight excluding hydrogens is 230 g/mol. The zero-order chi connectivity index (χ0) is 12.9. The van der Waals surface area contributed by atoms with Crippen LogP contribution >= 0.6 is 0 Å². The van der Waals surface area contributed by atoms with Crippen LogP contribution in [0.1, 0.15) is 30.4 Å². The van der Waals surface area contributed by atoms with Crippen molar-refractivity contribution < 1.29 is 14.7 Å². The number of aliphatic hydroxyl groups is 1. The van der Waals surface area contributed by atoms with Crippen molar-refractivity contribution in [2.24, 2.45) is 5.92 Å². The molecule has 1 heterocycles. The molecule has 3 rings (SSSR count). The lowest BCUT2D eigenvalue weighted by molar-refractivity contribution is -0.146. The molecule has 0 aromatic heterocycles. The van der Waals surface area contributed by atoms with E-state index in [0.717, 1.165) is 12.0 Å². The number of anilines is 1. The van der Waals surface area contributed by atoms with Crippen molar-refractivity contribution in [3.05, 3.63) is 29.3 Å². The van der Waals surface area contributed by atoms with Gasteiger partial charge in [-0.25, -0.2) is 0 Å². The smallest absolute Gasteiger partial charge is 0.261 e. The summed E-state index contributed by atoms with van der Waals surface area (Å²) in [5.41, 5.74) is 0.462. The zero-order valence-electron chi connectivity index (χ0n) is 10.2. The standard InChI is InChI=1S/C14H15NO3/c1-8-5-6-11-10(7-8)14(18,13(17)15-11)9-3-2-4-12(9)16/h5-7,9,18H,2-4H2,1H3,(H,15,17). The lowest BCUT2D eigenvalue weighted by Crippen LogP contribution is -2.43. The second-order valence-corrected chi connectivity index (χ2v) is 5.18. The molecule has 2 aliphatic rings. The Balaban J connectivity index is 2.14. The van der Waals surface area contributed by atoms with Crippen molar-refractivity contribution >= 4 is 17.4 Å². The SMILES string of the molecule is Cc1ccc2c(c1)C(O)(C1CCCC1=O)C(=O)N2. The van der Waals surface area contributed by atoms with Gasteiger partial charge in [-0.05, 0) is 25.8 Å². The third-order valence-electron chi connectivity index (χ3n) is 3.99. The number of Topliss-reactive ketones (excluding diaryl/α,β-unsaturated/α-hetero) is 1. The summed E-state index contributed by atoms with van der Waals surface area (Å²) >= 11 is 0. The number of hydrogen-bond acceptors (Lipinski definition) is 3. The first-order valence-electron chi connectivity index (χ1n) is 6.21. The average molecular weight is 245 g/mol. The summed E-state index contributed by atoms with van der Waals surface area (Å²) in [5, 5.41) is 13.4. The molecule has 1 aliphatic carbocycles. The van der Waals surface area contributed by atoms with Gasteiger partial charge in [0.2, 0.25) is 0 Å². The summed E-state index contributed by atoms with van der Waals surface area (Å²) in [6, 6.07) is 5.44. The van der Waals surface area contributed by atoms with Crippen LogP contribution in [0.5, 0.6) is 0 Å². The number of benzene rings is 1. The summed E-state index contributed by atoms with van der Waals surface area (Å²) in [4.78, 5) is 24.0. The van der Waals surface area contributed by atoms with Gasteiger partial charge in [0.1, 0.15) is 5.78 Å². The quantitative estimate of drug-likeness (QED) is 0.788. The van der Waals surface area contributed by atoms with Gasteiger partial charge in [0.05, 0.1) is 5.92 Å². The molecule has 2 unspecified atom stereocenters. The Morgan fingerprint density at radius 1 is 1.39 bits per heavy atom. The van der Waals surface area contributed by atoms with Crippen molar-refractivity contribution in [2.45, 2.75) is 31.8 Å². The fourth-order valence-electron chi connectivity index (χ4n) is 3.03. The van der Waals surface area contributed by atoms with Crippen LogP contribution in [0.25, 0.3) is 0 Å². The lowest BCUT2D eigenvalue weighted by atomic mass is 9.80. The molecule has 2 atom stereocenters. The highest BCUT2D eigenvalue weighted by atomic mass is 16.3. The molecule has 0 saturated heterocycles. The number of nitrogens with one attached hydrogen (secondary N) is 1. The molecule has 1 amide bonds. The molecule has 0 spiro atoms. The number of carbonyl (C=O) groups excluding carboxylic acids is 2. The highest BCUT2D eigenvalue weighted by Gasteiger charge is 2.54. The minimum absolute atomic E-state index is 0.0120. The van der Waals surface area contributed by atoms with Crippen LogP contribution < -0.4 is 5.32 Å². The molecule has 0 radical (unpaired) electrons. The van der Waals surface area contributed by atoms with E-state index in [2.05, 4.69) is 5.32 Å². The summed E-state index contributed by atoms with van der Waals surface area (Å²) in [5.74, 6) is -1.08. The lowest BCUT2D eigenvalue weighted by Gasteiger charge is -2.26. The van der Waals surface area contributed by atoms with E-state index < -0.39 is 17.4 Å². The van der Waals surface area contributed by atoms with Crippen LogP contribution in [-0.4, -0.2) is 16.8 Å². The van der Waals surface area contributed by atoms with Crippen LogP contribution in [-0.2, 0) is 15.2 Å². The Morgan fingerprint density at radius 2 is 2.17 bits per heavy atom. The van der Waals surface area contributed by atoms with Crippen molar-refractivity contribution in [1.82, 2.24) is 0 Å². The van der Waals surface area contributed by atoms with Crippen LogP contribution in [0.4, 0.5) is 5.69 Å². The second-order valence-electron chi connectivity index (χ2n) is 5.18. The number of ketones is 1. The van der Waals surface area contributed by atoms with E-state index in [4.69, 9.17) is 0 Å². The van der Waals surface area contributed by atoms with Crippen molar-refractivity contribution in [2.75, 3.05) is 5.32 Å². The fraction of sp³-hybridized carbons (Fsp3) is 0.429. The van der Waals surface area contributed by atoms with Crippen LogP contribution in [0.15, 0.2) is 18.2 Å². The van der Waals surface area contributed by atoms with Gasteiger partial charge in [-0.3, -0.25) is 9.59 Å². The van der Waals surface area contributed by atoms with Gasteiger partial charge in [-0.2, -0.15) is 0 Å². The van der Waals surface area contributed by atoms with Gasteiger partial charge in [-0.15, -0.1) is 0 Å². The van der Waals surface area contributed by atoms with Gasteiger partial charge in [0.25, 0.3) is 5.91 Å². The number of rotatable bonds is 1. The Hall–Kier alpha value is -1.68. The second kappa shape index (κ2) is 3.65. The molecule has 1 saturated carbocycles. The fourth-order valence-corrected chi connectivity index (χ4v) is 3.03.